The van der Waals surface area contributed by atoms with Crippen LogP contribution in [0.1, 0.15) is 26.7 Å². The SMILES string of the molecule is CC[Si](CCCC[Si](CC)(Oc1ccccc1)Oc1ccccc1)(Oc1ccccc1)Oc1ccccc1. The summed E-state index contributed by atoms with van der Waals surface area (Å²) in [5.74, 6) is 3.48. The molecule has 0 spiro atoms. The fraction of sp³-hybridized carbons (Fsp3) is 0.250. The molecule has 0 unspecified atom stereocenters. The van der Waals surface area contributed by atoms with Gasteiger partial charge in [-0.3, -0.25) is 0 Å². The second kappa shape index (κ2) is 13.9. The lowest BCUT2D eigenvalue weighted by Gasteiger charge is -2.32. The van der Waals surface area contributed by atoms with E-state index in [-0.39, 0.29) is 0 Å². The van der Waals surface area contributed by atoms with Crippen LogP contribution in [0.4, 0.5) is 0 Å². The van der Waals surface area contributed by atoms with E-state index in [0.717, 1.165) is 60.0 Å². The Kier molecular flexibility index (Phi) is 10.1. The van der Waals surface area contributed by atoms with Crippen LogP contribution in [0.3, 0.4) is 0 Å². The van der Waals surface area contributed by atoms with Crippen molar-refractivity contribution in [1.82, 2.24) is 0 Å². The summed E-state index contributed by atoms with van der Waals surface area (Å²) in [5.41, 5.74) is 0. The molecule has 4 aromatic carbocycles. The molecule has 0 aliphatic carbocycles. The van der Waals surface area contributed by atoms with Crippen LogP contribution in [0.2, 0.25) is 24.2 Å². The molecule has 198 valence electrons. The maximum absolute atomic E-state index is 6.67. The van der Waals surface area contributed by atoms with Gasteiger partial charge in [0.15, 0.2) is 0 Å². The number of para-hydroxylation sites is 4. The molecule has 4 aromatic rings. The van der Waals surface area contributed by atoms with Crippen molar-refractivity contribution in [3.63, 3.8) is 0 Å². The number of benzene rings is 4. The summed E-state index contributed by atoms with van der Waals surface area (Å²) in [6.07, 6.45) is 1.95. The van der Waals surface area contributed by atoms with Crippen LogP contribution >= 0.6 is 0 Å². The minimum atomic E-state index is -2.57. The Hall–Kier alpha value is -3.49. The molecule has 0 atom stereocenters. The van der Waals surface area contributed by atoms with E-state index < -0.39 is 17.1 Å². The Balaban J connectivity index is 1.49. The van der Waals surface area contributed by atoms with Crippen LogP contribution in [0.25, 0.3) is 0 Å². The smallest absolute Gasteiger partial charge is 0.460 e. The van der Waals surface area contributed by atoms with E-state index >= 15 is 0 Å². The molecule has 0 fully saturated rings. The first kappa shape index (κ1) is 27.5. The van der Waals surface area contributed by atoms with E-state index in [4.69, 9.17) is 17.7 Å². The Labute approximate surface area is 229 Å². The third-order valence-corrected chi connectivity index (χ3v) is 13.4. The predicted molar refractivity (Wildman–Crippen MR) is 160 cm³/mol. The Morgan fingerprint density at radius 3 is 0.842 bits per heavy atom. The Bertz CT molecular complexity index is 1010. The predicted octanol–water partition coefficient (Wildman–Crippen LogP) is 9.01. The molecule has 6 heteroatoms. The normalized spacial score (nSPS) is 11.5. The zero-order valence-electron chi connectivity index (χ0n) is 22.4. The van der Waals surface area contributed by atoms with Gasteiger partial charge in [0.25, 0.3) is 0 Å². The van der Waals surface area contributed by atoms with E-state index in [1.54, 1.807) is 0 Å². The number of hydrogen-bond acceptors (Lipinski definition) is 4. The van der Waals surface area contributed by atoms with Gasteiger partial charge in [-0.05, 0) is 61.4 Å². The fourth-order valence-corrected chi connectivity index (χ4v) is 10.1. The lowest BCUT2D eigenvalue weighted by atomic mass is 10.3. The fourth-order valence-electron chi connectivity index (χ4n) is 4.49. The quantitative estimate of drug-likeness (QED) is 0.111. The molecule has 38 heavy (non-hydrogen) atoms. The number of rotatable bonds is 15. The zero-order chi connectivity index (χ0) is 26.5. The highest BCUT2D eigenvalue weighted by molar-refractivity contribution is 6.69. The minimum Gasteiger partial charge on any atom is -0.512 e. The second-order valence-electron chi connectivity index (χ2n) is 9.40. The summed E-state index contributed by atoms with van der Waals surface area (Å²) in [5, 5.41) is 0. The standard InChI is InChI=1S/C32H38O4Si2/c1-3-37(33-29-19-9-5-10-20-29,34-30-21-11-6-12-22-30)27-17-18-28-38(4-2,35-31-23-13-7-14-24-31)36-32-25-15-8-16-26-32/h5-16,19-26H,3-4,17-18,27-28H2,1-2H3. The van der Waals surface area contributed by atoms with Gasteiger partial charge in [0, 0.05) is 24.2 Å². The first-order valence-corrected chi connectivity index (χ1v) is 18.1. The van der Waals surface area contributed by atoms with Gasteiger partial charge < -0.3 is 17.7 Å². The third-order valence-electron chi connectivity index (χ3n) is 6.63. The minimum absolute atomic E-state index is 0.855. The largest absolute Gasteiger partial charge is 0.512 e. The average Bonchev–Trinajstić information content (AvgIpc) is 2.97. The second-order valence-corrected chi connectivity index (χ2v) is 16.3. The summed E-state index contributed by atoms with van der Waals surface area (Å²) >= 11 is 0. The summed E-state index contributed by atoms with van der Waals surface area (Å²) in [6, 6.07) is 43.7. The van der Waals surface area contributed by atoms with Crippen molar-refractivity contribution in [2.45, 2.75) is 50.9 Å². The summed E-state index contributed by atoms with van der Waals surface area (Å²) in [4.78, 5) is 0. The Morgan fingerprint density at radius 1 is 0.395 bits per heavy atom. The molecule has 4 rings (SSSR count). The molecule has 0 N–H and O–H groups in total. The van der Waals surface area contributed by atoms with E-state index in [2.05, 4.69) is 13.8 Å². The van der Waals surface area contributed by atoms with E-state index in [0.29, 0.717) is 0 Å². The first-order valence-electron chi connectivity index (χ1n) is 13.6. The van der Waals surface area contributed by atoms with Gasteiger partial charge in [-0.15, -0.1) is 0 Å². The van der Waals surface area contributed by atoms with Gasteiger partial charge in [0.1, 0.15) is 23.0 Å². The van der Waals surface area contributed by atoms with Crippen molar-refractivity contribution < 1.29 is 17.7 Å². The van der Waals surface area contributed by atoms with Crippen molar-refractivity contribution in [2.24, 2.45) is 0 Å². The van der Waals surface area contributed by atoms with Crippen molar-refractivity contribution in [2.75, 3.05) is 0 Å². The lowest BCUT2D eigenvalue weighted by molar-refractivity contribution is 0.368. The van der Waals surface area contributed by atoms with Crippen molar-refractivity contribution >= 4 is 17.1 Å². The number of unbranched alkanes of at least 4 members (excludes halogenated alkanes) is 1. The van der Waals surface area contributed by atoms with Crippen molar-refractivity contribution in [3.05, 3.63) is 121 Å². The van der Waals surface area contributed by atoms with Crippen LogP contribution < -0.4 is 17.7 Å². The molecule has 0 saturated carbocycles. The highest BCUT2D eigenvalue weighted by Gasteiger charge is 2.42. The van der Waals surface area contributed by atoms with Crippen LogP contribution in [0.15, 0.2) is 121 Å². The van der Waals surface area contributed by atoms with E-state index in [1.165, 1.54) is 0 Å². The van der Waals surface area contributed by atoms with Gasteiger partial charge in [0.2, 0.25) is 0 Å². The summed E-state index contributed by atoms with van der Waals surface area (Å²) < 4.78 is 26.7. The maximum Gasteiger partial charge on any atom is 0.460 e. The summed E-state index contributed by atoms with van der Waals surface area (Å²) in [7, 11) is -5.14. The Morgan fingerprint density at radius 2 is 0.632 bits per heavy atom. The van der Waals surface area contributed by atoms with Gasteiger partial charge in [-0.2, -0.15) is 0 Å². The maximum atomic E-state index is 6.67. The van der Waals surface area contributed by atoms with Crippen LogP contribution in [0, 0.1) is 0 Å². The van der Waals surface area contributed by atoms with Gasteiger partial charge in [0.05, 0.1) is 0 Å². The molecule has 4 nitrogen and oxygen atoms in total. The molecule has 0 aliphatic rings. The molecular formula is C32H38O4Si2. The van der Waals surface area contributed by atoms with E-state index in [9.17, 15) is 0 Å². The molecule has 0 aliphatic heterocycles. The molecule has 0 bridgehead atoms. The monoisotopic (exact) mass is 542 g/mol. The van der Waals surface area contributed by atoms with Gasteiger partial charge >= 0.3 is 17.1 Å². The molecule has 0 aromatic heterocycles. The van der Waals surface area contributed by atoms with Crippen molar-refractivity contribution in [3.8, 4) is 23.0 Å². The molecule has 0 saturated heterocycles. The molecule has 0 heterocycles. The average molecular weight is 543 g/mol. The summed E-state index contributed by atoms with van der Waals surface area (Å²) in [6.45, 7) is 4.36. The highest BCUT2D eigenvalue weighted by Crippen LogP contribution is 2.31. The van der Waals surface area contributed by atoms with Crippen LogP contribution in [-0.2, 0) is 0 Å². The topological polar surface area (TPSA) is 36.9 Å². The van der Waals surface area contributed by atoms with E-state index in [1.807, 2.05) is 121 Å². The highest BCUT2D eigenvalue weighted by atomic mass is 28.4. The van der Waals surface area contributed by atoms with Crippen molar-refractivity contribution in [1.29, 1.82) is 0 Å². The van der Waals surface area contributed by atoms with Gasteiger partial charge in [-0.1, -0.05) is 86.6 Å². The van der Waals surface area contributed by atoms with Crippen LogP contribution in [0.5, 0.6) is 23.0 Å². The van der Waals surface area contributed by atoms with Crippen LogP contribution in [-0.4, -0.2) is 17.1 Å². The van der Waals surface area contributed by atoms with Gasteiger partial charge in [-0.25, -0.2) is 0 Å². The lowest BCUT2D eigenvalue weighted by Crippen LogP contribution is -2.49. The molecular weight excluding hydrogens is 505 g/mol. The molecule has 0 amide bonds. The third kappa shape index (κ3) is 8.00. The number of hydrogen-bond donors (Lipinski definition) is 0. The molecule has 0 radical (unpaired) electrons. The first-order chi connectivity index (χ1) is 18.6. The zero-order valence-corrected chi connectivity index (χ0v) is 24.4.